The quantitative estimate of drug-likeness (QED) is 0.0394. The molecule has 12 fully saturated rings. The Labute approximate surface area is 901 Å². The third kappa shape index (κ3) is 33.4. The first kappa shape index (κ1) is 118. The van der Waals surface area contributed by atoms with E-state index in [0.717, 1.165) is 51.9 Å². The van der Waals surface area contributed by atoms with Crippen molar-refractivity contribution in [2.45, 2.75) is 166 Å². The average molecular weight is 2380 g/mol. The van der Waals surface area contributed by atoms with E-state index in [1.807, 2.05) is 157 Å². The number of epoxide rings is 1. The standard InChI is InChI=1S/C18H20N2O8S.C17H17FN2O5.2C17H18N2O6.C13H14O4.C4H4N2O2.C4H8O.2CH2Cl2.CH3F.BH.Na.H2O.U/c1-29(23,24)28-15-12(20-8-7-14(21)19-18(20)22)9-25-13-10-26-17(27-16(13)15)11-5-3-2-4-6-11;18-14-11(20-7-6-13(21)19-17(20)22)8-23-12-9-24-16(25-15(12)14)10-4-2-1-3-5-10;2*20-13-6-7-19(17(22)18-13)11-8-23-12-9-24-16(25-15(12)14(11)21)10-4-2-1-3-5-10;1-2-4-8(5-3-1)13-15-6-9-11(17-13)12-10(16-12)7-14-9;7-3-1-2-5-4(8)6-3;1-2-4-5-3-1;2*2-1-3;1-2;;;;/h2-8,12-13,15-17H,9-10H2,1H3,(H,19,21,22);1-7,11-12,14-16H,8-9H2,(H,19,21,22);2*1-7,11-12,14-16,21H,8-9H2,(H,18,20,22);1-5,9-13H,6-7H2;1-2H,(H2,5,6,7,8);1-4H2;2*1H2;1H3;1H;;1H2;/q;;;;;;;;;;;+1;;/p-1/t;;;;9?,10-,11?,12-,13?;;;;;;;;;/m....0........./s1/i;;;;;;;;;2*1D;;;. The zero-order valence-corrected chi connectivity index (χ0v) is 88.3. The van der Waals surface area contributed by atoms with Crippen LogP contribution in [0.4, 0.5) is 8.78 Å². The molecule has 0 aliphatic carbocycles. The number of halogens is 6. The second-order valence-corrected chi connectivity index (χ2v) is 35.9. The number of fused-ring (bicyclic) bond motifs is 7. The molecule has 0 bridgehead atoms. The minimum Gasteiger partial charge on any atom is -0.870 e. The van der Waals surface area contributed by atoms with Gasteiger partial charge in [0.05, 0.1) is 116 Å². The van der Waals surface area contributed by atoms with Crippen LogP contribution < -0.4 is 85.8 Å². The fourth-order valence-electron chi connectivity index (χ4n) is 16.7. The second kappa shape index (κ2) is 60.1. The topological polar surface area (TPSA) is 559 Å². The number of benzene rings is 5. The molecule has 5 aromatic heterocycles. The van der Waals surface area contributed by atoms with Gasteiger partial charge in [-0.05, 0) is 14.2 Å². The molecule has 25 atom stereocenters. The number of nitrogens with zero attached hydrogens (tertiary/aromatic N) is 4. The number of aliphatic hydroxyl groups is 2. The van der Waals surface area contributed by atoms with E-state index in [4.69, 9.17) is 134 Å². The molecule has 0 amide bonds. The van der Waals surface area contributed by atoms with E-state index >= 15 is 4.39 Å². The maximum Gasteiger partial charge on any atom is 1.00 e. The van der Waals surface area contributed by atoms with Gasteiger partial charge < -0.3 is 101 Å². The SMILES string of the molecule is C1CCOC1.CS(=O)(=O)OC1C2OC(c3ccccc3)OCC2OCC1n1ccc(=O)[nH]c1=O.ClCCl.ClCCl.O=c1cc[nH]c(=O)[nH]1.O=c1ccn(C2COC3COC(c4ccccc4)OC3C2F)c(=O)[nH]1.O=c1ccn(C2COC3COC(c4ccccc4)OC3C2O)c(=O)[nH]1.O=c1ccn(C2COC3COC(c4ccccc4)OC3C2O)c(=O)[nH]1.[2H]CF.[2H][B].[Na+].[OH-].[U].c1ccc(C2OCC3OC[C@@H]4O[C@@H]4C3O2)cc1. The molecule has 12 aliphatic heterocycles. The number of aromatic nitrogens is 10. The van der Waals surface area contributed by atoms with E-state index < -0.39 is 191 Å². The van der Waals surface area contributed by atoms with Crippen molar-refractivity contribution in [2.24, 2.45) is 0 Å². The first-order valence-corrected chi connectivity index (χ1v) is 48.5. The monoisotopic (exact) mass is 2380 g/mol. The van der Waals surface area contributed by atoms with Crippen LogP contribution in [0, 0.1) is 31.1 Å². The molecule has 12 saturated heterocycles. The summed E-state index contributed by atoms with van der Waals surface area (Å²) in [4.78, 5) is 127. The van der Waals surface area contributed by atoms with Crippen molar-refractivity contribution in [3.63, 3.8) is 0 Å². The van der Waals surface area contributed by atoms with E-state index in [-0.39, 0.29) is 166 Å². The van der Waals surface area contributed by atoms with Gasteiger partial charge in [-0.2, -0.15) is 8.42 Å². The average Bonchev–Trinajstić information content (AvgIpc) is 1.56. The van der Waals surface area contributed by atoms with E-state index in [1.165, 1.54) is 87.9 Å². The second-order valence-electron chi connectivity index (χ2n) is 32.7. The summed E-state index contributed by atoms with van der Waals surface area (Å²) >= 11 is 19.1. The Bertz CT molecular complexity index is 6030. The number of H-pyrrole nitrogens is 6. The van der Waals surface area contributed by atoms with Crippen LogP contribution in [0.2, 0.25) is 0 Å². The predicted octanol–water partition coefficient (Wildman–Crippen LogP) is 1.50. The molecule has 12 aliphatic rings. The molecule has 43 nitrogen and oxygen atoms in total. The molecule has 10 aromatic rings. The summed E-state index contributed by atoms with van der Waals surface area (Å²) in [6.45, 7) is 4.43. The maximum absolute atomic E-state index is 15.1. The largest absolute Gasteiger partial charge is 1.00 e. The summed E-state index contributed by atoms with van der Waals surface area (Å²) in [6.07, 6.45) is -1.76. The van der Waals surface area contributed by atoms with Gasteiger partial charge in [-0.15, -0.1) is 46.4 Å². The van der Waals surface area contributed by atoms with Crippen molar-refractivity contribution in [1.29, 1.82) is 1.34 Å². The van der Waals surface area contributed by atoms with Crippen LogP contribution in [0.5, 0.6) is 0 Å². The van der Waals surface area contributed by atoms with Gasteiger partial charge in [0.1, 0.15) is 91.6 Å². The summed E-state index contributed by atoms with van der Waals surface area (Å²) in [5.74, 6) is 0. The summed E-state index contributed by atoms with van der Waals surface area (Å²) < 4.78 is 167. The van der Waals surface area contributed by atoms with Crippen LogP contribution in [0.15, 0.2) is 261 Å². The molecule has 22 rings (SSSR count). The predicted molar refractivity (Wildman–Crippen MR) is 512 cm³/mol. The van der Waals surface area contributed by atoms with E-state index in [2.05, 4.69) is 33.3 Å². The Morgan fingerprint density at radius 2 is 0.658 bits per heavy atom. The van der Waals surface area contributed by atoms with Gasteiger partial charge in [0.2, 0.25) is 0 Å². The van der Waals surface area contributed by atoms with Crippen LogP contribution >= 0.6 is 46.4 Å². The number of nitrogens with one attached hydrogen (secondary N) is 6. The molecule has 53 heteroatoms. The van der Waals surface area contributed by atoms with Crippen molar-refractivity contribution in [1.82, 2.24) is 48.2 Å². The number of ether oxygens (including phenoxy) is 17. The van der Waals surface area contributed by atoms with Gasteiger partial charge in [0.15, 0.2) is 37.6 Å². The fraction of sp³-hybridized carbons (Fsp3) is 0.462. The Hall–Kier alpha value is -8.25. The minimum atomic E-state index is -3.88. The van der Waals surface area contributed by atoms with Gasteiger partial charge in [0.25, 0.3) is 37.9 Å². The molecule has 9 N–H and O–H groups in total. The number of aliphatic hydroxyl groups excluding tert-OH is 2. The van der Waals surface area contributed by atoms with E-state index in [9.17, 15) is 71.0 Å². The van der Waals surface area contributed by atoms with E-state index in [1.54, 1.807) is 0 Å². The van der Waals surface area contributed by atoms with Gasteiger partial charge in [0, 0.05) is 142 Å². The molecular formula is C93H108BCl4F2N10NaO33SU. The third-order valence-corrected chi connectivity index (χ3v) is 24.0. The van der Waals surface area contributed by atoms with Crippen molar-refractivity contribution in [3.8, 4) is 0 Å². The van der Waals surface area contributed by atoms with Crippen molar-refractivity contribution in [2.75, 3.05) is 103 Å². The number of alkyl halides is 6. The number of hydrogen-bond donors (Lipinski definition) is 8. The van der Waals surface area contributed by atoms with Gasteiger partial charge in [-0.1, -0.05) is 152 Å². The minimum absolute atomic E-state index is 0. The summed E-state index contributed by atoms with van der Waals surface area (Å²) in [6, 6.07) is 50.3. The smallest absolute Gasteiger partial charge is 0.870 e. The Balaban J connectivity index is 0.000000194. The molecule has 5 aromatic carbocycles. The van der Waals surface area contributed by atoms with Crippen molar-refractivity contribution < 1.29 is 180 Å². The van der Waals surface area contributed by atoms with Crippen LogP contribution in [-0.2, 0) is 94.8 Å². The van der Waals surface area contributed by atoms with Gasteiger partial charge >= 0.3 is 58.0 Å². The van der Waals surface area contributed by atoms with Crippen molar-refractivity contribution >= 4 is 64.9 Å². The molecule has 17 heterocycles. The molecule has 0 spiro atoms. The number of rotatable bonds is 11. The molecule has 23 unspecified atom stereocenters. The summed E-state index contributed by atoms with van der Waals surface area (Å²) in [5, 5.41) is 21.9. The zero-order valence-electron chi connectivity index (χ0n) is 80.3. The molecule has 784 valence electrons. The number of aromatic amines is 6. The third-order valence-electron chi connectivity index (χ3n) is 23.5. The van der Waals surface area contributed by atoms with Crippen LogP contribution in [-0.4, -0.2) is 283 Å². The molecule has 0 saturated carbocycles. The summed E-state index contributed by atoms with van der Waals surface area (Å²) in [7, 11) is -1.13. The van der Waals surface area contributed by atoms with Crippen LogP contribution in [0.1, 0.15) is 97.6 Å². The Morgan fingerprint density at radius 3 is 0.973 bits per heavy atom. The van der Waals surface area contributed by atoms with Gasteiger partial charge in [-0.25, -0.2) is 28.4 Å². The summed E-state index contributed by atoms with van der Waals surface area (Å²) in [5.41, 5.74) is -1.20. The number of hydrogen-bond acceptors (Lipinski definition) is 33. The molecule has 146 heavy (non-hydrogen) atoms. The first-order chi connectivity index (χ1) is 70.2. The van der Waals surface area contributed by atoms with E-state index in [0.29, 0.717) is 13.2 Å². The molecule has 2 radical (unpaired) electrons. The van der Waals surface area contributed by atoms with Crippen LogP contribution in [0.25, 0.3) is 0 Å². The zero-order chi connectivity index (χ0) is 104. The first-order valence-electron chi connectivity index (χ1n) is 45.9. The molecular weight excluding hydrogens is 2270 g/mol. The fourth-order valence-corrected chi connectivity index (χ4v) is 17.3. The van der Waals surface area contributed by atoms with Crippen LogP contribution in [0.3, 0.4) is 0 Å². The van der Waals surface area contributed by atoms with Gasteiger partial charge in [-0.3, -0.25) is 75.7 Å². The maximum atomic E-state index is 15.1. The normalized spacial score (nSPS) is 29.3. The Kier molecular flexibility index (Phi) is 48.6. The Morgan fingerprint density at radius 1 is 0.390 bits per heavy atom. The van der Waals surface area contributed by atoms with Crippen molar-refractivity contribution in [3.05, 3.63) is 345 Å².